The zero-order valence-corrected chi connectivity index (χ0v) is 17.5. The van der Waals surface area contributed by atoms with E-state index < -0.39 is 0 Å². The fraction of sp³-hybridized carbons (Fsp3) is 0.652. The summed E-state index contributed by atoms with van der Waals surface area (Å²) in [6, 6.07) is 7.31. The Morgan fingerprint density at radius 1 is 1.07 bits per heavy atom. The Balaban J connectivity index is 1.22. The third-order valence-electron chi connectivity index (χ3n) is 7.00. The highest BCUT2D eigenvalue weighted by Gasteiger charge is 2.40. The van der Waals surface area contributed by atoms with Crippen LogP contribution < -0.4 is 10.6 Å². The molecule has 4 aliphatic heterocycles. The van der Waals surface area contributed by atoms with Crippen molar-refractivity contribution in [3.63, 3.8) is 0 Å². The molecule has 2 bridgehead atoms. The predicted octanol–water partition coefficient (Wildman–Crippen LogP) is 3.21. The molecule has 2 N–H and O–H groups in total. The number of urea groups is 1. The third-order valence-corrected chi connectivity index (χ3v) is 7.00. The topological polar surface area (TPSA) is 64.7 Å². The van der Waals surface area contributed by atoms with Gasteiger partial charge in [-0.25, -0.2) is 4.79 Å². The van der Waals surface area contributed by atoms with Crippen LogP contribution in [0, 0.1) is 11.8 Å². The van der Waals surface area contributed by atoms with Crippen molar-refractivity contribution >= 4 is 17.5 Å². The minimum atomic E-state index is -0.173. The number of fused-ring (bicyclic) bond motifs is 3. The van der Waals surface area contributed by atoms with Gasteiger partial charge in [-0.05, 0) is 88.3 Å². The van der Waals surface area contributed by atoms with Gasteiger partial charge < -0.3 is 15.5 Å². The molecule has 29 heavy (non-hydrogen) atoms. The fourth-order valence-electron chi connectivity index (χ4n) is 5.32. The van der Waals surface area contributed by atoms with E-state index in [1.807, 2.05) is 0 Å². The molecule has 6 nitrogen and oxygen atoms in total. The van der Waals surface area contributed by atoms with Crippen molar-refractivity contribution in [1.82, 2.24) is 15.1 Å². The first-order valence-electron chi connectivity index (χ1n) is 11.2. The molecule has 2 amide bonds. The summed E-state index contributed by atoms with van der Waals surface area (Å²) in [7, 11) is 0. The first-order chi connectivity index (χ1) is 14.1. The Morgan fingerprint density at radius 3 is 2.48 bits per heavy atom. The second-order valence-electron chi connectivity index (χ2n) is 9.02. The van der Waals surface area contributed by atoms with Gasteiger partial charge in [0.1, 0.15) is 0 Å². The van der Waals surface area contributed by atoms with Crippen molar-refractivity contribution in [3.05, 3.63) is 29.8 Å². The summed E-state index contributed by atoms with van der Waals surface area (Å²) in [5.74, 6) is 1.63. The van der Waals surface area contributed by atoms with Crippen LogP contribution in [0.1, 0.15) is 49.4 Å². The number of likely N-dealkylation sites (tertiary alicyclic amines) is 1. The molecule has 1 unspecified atom stereocenters. The highest BCUT2D eigenvalue weighted by molar-refractivity contribution is 5.95. The van der Waals surface area contributed by atoms with Gasteiger partial charge >= 0.3 is 6.03 Å². The van der Waals surface area contributed by atoms with Crippen LogP contribution in [0.15, 0.2) is 24.3 Å². The summed E-state index contributed by atoms with van der Waals surface area (Å²) in [5, 5.41) is 5.92. The zero-order valence-electron chi connectivity index (χ0n) is 17.5. The zero-order chi connectivity index (χ0) is 20.2. The molecule has 0 aromatic heterocycles. The maximum absolute atomic E-state index is 12.3. The van der Waals surface area contributed by atoms with Gasteiger partial charge in [0.15, 0.2) is 5.78 Å². The lowest BCUT2D eigenvalue weighted by molar-refractivity contribution is -0.0128. The normalized spacial score (nSPS) is 29.4. The number of Topliss-reactive ketones (excluding diaryl/α,β-unsaturated/α-hetero) is 1. The van der Waals surface area contributed by atoms with Gasteiger partial charge in [0.25, 0.3) is 0 Å². The van der Waals surface area contributed by atoms with Gasteiger partial charge in [-0.2, -0.15) is 0 Å². The number of carbonyl (C=O) groups is 2. The summed E-state index contributed by atoms with van der Waals surface area (Å²) in [4.78, 5) is 28.9. The Labute approximate surface area is 174 Å². The Morgan fingerprint density at radius 2 is 1.83 bits per heavy atom. The molecule has 1 aromatic rings. The van der Waals surface area contributed by atoms with Gasteiger partial charge in [0, 0.05) is 36.9 Å². The average Bonchev–Trinajstić information content (AvgIpc) is 2.74. The number of hydrogen-bond acceptors (Lipinski definition) is 4. The van der Waals surface area contributed by atoms with Crippen LogP contribution in [0.2, 0.25) is 0 Å². The number of carbonyl (C=O) groups excluding carboxylic acids is 2. The molecule has 4 aliphatic rings. The van der Waals surface area contributed by atoms with E-state index in [0.717, 1.165) is 11.8 Å². The van der Waals surface area contributed by atoms with Crippen LogP contribution in [0.5, 0.6) is 0 Å². The summed E-state index contributed by atoms with van der Waals surface area (Å²) >= 11 is 0. The summed E-state index contributed by atoms with van der Waals surface area (Å²) in [6.45, 7) is 8.41. The summed E-state index contributed by atoms with van der Waals surface area (Å²) < 4.78 is 0. The number of ketones is 1. The van der Waals surface area contributed by atoms with Gasteiger partial charge in [-0.1, -0.05) is 6.42 Å². The van der Waals surface area contributed by atoms with Crippen molar-refractivity contribution < 1.29 is 9.59 Å². The van der Waals surface area contributed by atoms with Crippen LogP contribution in [0.4, 0.5) is 10.5 Å². The first kappa shape index (κ1) is 20.4. The molecule has 0 radical (unpaired) electrons. The number of anilines is 1. The minimum absolute atomic E-state index is 0.0287. The molecule has 4 fully saturated rings. The average molecular weight is 399 g/mol. The van der Waals surface area contributed by atoms with Crippen LogP contribution in [0.3, 0.4) is 0 Å². The Hall–Kier alpha value is -1.92. The number of nitrogens with zero attached hydrogens (tertiary/aromatic N) is 2. The lowest BCUT2D eigenvalue weighted by Crippen LogP contribution is -2.58. The maximum Gasteiger partial charge on any atom is 0.319 e. The lowest BCUT2D eigenvalue weighted by atomic mass is 9.75. The van der Waals surface area contributed by atoms with Crippen molar-refractivity contribution in [1.29, 1.82) is 0 Å². The van der Waals surface area contributed by atoms with E-state index in [0.29, 0.717) is 23.8 Å². The second-order valence-corrected chi connectivity index (χ2v) is 9.02. The van der Waals surface area contributed by atoms with Gasteiger partial charge in [-0.15, -0.1) is 0 Å². The standard InChI is InChI=1S/C23H34N4O2/c1-17(28)18-5-7-21(8-6-18)25-23(29)24-14-22-13-19-9-12-27(22)16-20(19)15-26-10-3-2-4-11-26/h5-8,19-20,22H,2-4,9-16H2,1H3,(H2,24,25,29)/t19-,20-,22+/m0/s1. The van der Waals surface area contributed by atoms with Crippen LogP contribution >= 0.6 is 0 Å². The maximum atomic E-state index is 12.3. The first-order valence-corrected chi connectivity index (χ1v) is 11.2. The minimum Gasteiger partial charge on any atom is -0.336 e. The number of hydrogen-bond donors (Lipinski definition) is 2. The van der Waals surface area contributed by atoms with Gasteiger partial charge in [-0.3, -0.25) is 9.69 Å². The number of benzene rings is 1. The molecule has 4 saturated heterocycles. The quantitative estimate of drug-likeness (QED) is 0.723. The third kappa shape index (κ3) is 5.17. The molecule has 0 saturated carbocycles. The van der Waals surface area contributed by atoms with Crippen LogP contribution in [0.25, 0.3) is 0 Å². The molecule has 0 aliphatic carbocycles. The molecule has 6 heteroatoms. The smallest absolute Gasteiger partial charge is 0.319 e. The predicted molar refractivity (Wildman–Crippen MR) is 115 cm³/mol. The van der Waals surface area contributed by atoms with E-state index in [1.165, 1.54) is 64.8 Å². The second kappa shape index (κ2) is 9.26. The molecular formula is C23H34N4O2. The molecule has 1 aromatic carbocycles. The Bertz CT molecular complexity index is 714. The van der Waals surface area contributed by atoms with Crippen molar-refractivity contribution in [2.75, 3.05) is 44.6 Å². The molecular weight excluding hydrogens is 364 g/mol. The van der Waals surface area contributed by atoms with Crippen molar-refractivity contribution in [3.8, 4) is 0 Å². The van der Waals surface area contributed by atoms with E-state index >= 15 is 0 Å². The van der Waals surface area contributed by atoms with Gasteiger partial charge in [0.2, 0.25) is 0 Å². The molecule has 5 rings (SSSR count). The highest BCUT2D eigenvalue weighted by Crippen LogP contribution is 2.36. The van der Waals surface area contributed by atoms with E-state index in [4.69, 9.17) is 0 Å². The summed E-state index contributed by atoms with van der Waals surface area (Å²) in [6.07, 6.45) is 6.63. The molecule has 0 spiro atoms. The van der Waals surface area contributed by atoms with Crippen LogP contribution in [-0.4, -0.2) is 66.9 Å². The van der Waals surface area contributed by atoms with Crippen molar-refractivity contribution in [2.45, 2.75) is 45.1 Å². The highest BCUT2D eigenvalue weighted by atomic mass is 16.2. The molecule has 4 heterocycles. The van der Waals surface area contributed by atoms with Crippen LogP contribution in [-0.2, 0) is 0 Å². The van der Waals surface area contributed by atoms with E-state index in [9.17, 15) is 9.59 Å². The summed E-state index contributed by atoms with van der Waals surface area (Å²) in [5.41, 5.74) is 1.36. The van der Waals surface area contributed by atoms with Gasteiger partial charge in [0.05, 0.1) is 0 Å². The number of rotatable bonds is 6. The molecule has 158 valence electrons. The fourth-order valence-corrected chi connectivity index (χ4v) is 5.32. The lowest BCUT2D eigenvalue weighted by Gasteiger charge is -2.51. The molecule has 4 atom stereocenters. The monoisotopic (exact) mass is 398 g/mol. The number of nitrogens with one attached hydrogen (secondary N) is 2. The SMILES string of the molecule is CC(=O)c1ccc(NC(=O)NC[C@H]2C[C@@H]3CCN2C[C@@H]3CN2CCCCC2)cc1. The Kier molecular flexibility index (Phi) is 6.50. The van der Waals surface area contributed by atoms with Crippen molar-refractivity contribution in [2.24, 2.45) is 11.8 Å². The van der Waals surface area contributed by atoms with E-state index in [2.05, 4.69) is 20.4 Å². The number of amides is 2. The van der Waals surface area contributed by atoms with E-state index in [1.54, 1.807) is 31.2 Å². The number of piperidine rings is 4. The van der Waals surface area contributed by atoms with E-state index in [-0.39, 0.29) is 11.8 Å². The largest absolute Gasteiger partial charge is 0.336 e.